The van der Waals surface area contributed by atoms with Gasteiger partial charge in [0.2, 0.25) is 5.91 Å². The van der Waals surface area contributed by atoms with Gasteiger partial charge in [0.25, 0.3) is 5.91 Å². The first kappa shape index (κ1) is 22.4. The highest BCUT2D eigenvalue weighted by molar-refractivity contribution is 5.94. The van der Waals surface area contributed by atoms with Crippen LogP contribution in [0.5, 0.6) is 0 Å². The first-order valence-corrected chi connectivity index (χ1v) is 11.3. The van der Waals surface area contributed by atoms with E-state index < -0.39 is 5.41 Å². The number of hydrogen-bond donors (Lipinski definition) is 0. The summed E-state index contributed by atoms with van der Waals surface area (Å²) in [6.07, 6.45) is 3.30. The Kier molecular flexibility index (Phi) is 6.29. The number of piperazine rings is 1. The Labute approximate surface area is 189 Å². The molecule has 2 aliphatic heterocycles. The summed E-state index contributed by atoms with van der Waals surface area (Å²) in [6.45, 7) is 7.33. The summed E-state index contributed by atoms with van der Waals surface area (Å²) in [5, 5.41) is 0. The van der Waals surface area contributed by atoms with Gasteiger partial charge in [-0.15, -0.1) is 0 Å². The van der Waals surface area contributed by atoms with Crippen LogP contribution in [0.15, 0.2) is 42.6 Å². The molecule has 170 valence electrons. The second kappa shape index (κ2) is 8.98. The molecule has 0 aliphatic carbocycles. The number of amides is 2. The number of benzene rings is 1. The first-order valence-electron chi connectivity index (χ1n) is 11.3. The second-order valence-corrected chi connectivity index (χ2v) is 9.33. The molecule has 0 bridgehead atoms. The molecule has 0 N–H and O–H groups in total. The summed E-state index contributed by atoms with van der Waals surface area (Å²) < 4.78 is 14.4. The highest BCUT2D eigenvalue weighted by Gasteiger charge is 2.41. The second-order valence-electron chi connectivity index (χ2n) is 9.33. The first-order chi connectivity index (χ1) is 15.3. The molecule has 7 heteroatoms. The molecule has 2 fully saturated rings. The minimum Gasteiger partial charge on any atom is -0.336 e. The number of aromatic nitrogens is 1. The monoisotopic (exact) mass is 438 g/mol. The van der Waals surface area contributed by atoms with E-state index in [-0.39, 0.29) is 23.7 Å². The van der Waals surface area contributed by atoms with Gasteiger partial charge in [0, 0.05) is 44.5 Å². The van der Waals surface area contributed by atoms with Gasteiger partial charge >= 0.3 is 0 Å². The minimum absolute atomic E-state index is 0.00260. The quantitative estimate of drug-likeness (QED) is 0.735. The van der Waals surface area contributed by atoms with E-state index in [2.05, 4.69) is 16.9 Å². The van der Waals surface area contributed by atoms with Gasteiger partial charge < -0.3 is 14.7 Å². The Morgan fingerprint density at radius 2 is 1.75 bits per heavy atom. The summed E-state index contributed by atoms with van der Waals surface area (Å²) in [7, 11) is 2.06. The van der Waals surface area contributed by atoms with Gasteiger partial charge in [0.1, 0.15) is 5.82 Å². The zero-order valence-corrected chi connectivity index (χ0v) is 19.1. The van der Waals surface area contributed by atoms with Crippen LogP contribution in [0.4, 0.5) is 4.39 Å². The minimum atomic E-state index is -0.981. The van der Waals surface area contributed by atoms with E-state index in [0.29, 0.717) is 30.8 Å². The van der Waals surface area contributed by atoms with Crippen LogP contribution in [-0.4, -0.2) is 71.3 Å². The van der Waals surface area contributed by atoms with Crippen molar-refractivity contribution >= 4 is 11.8 Å². The maximum Gasteiger partial charge on any atom is 0.255 e. The number of pyridine rings is 1. The fraction of sp³-hybridized carbons (Fsp3) is 0.480. The van der Waals surface area contributed by atoms with Crippen LogP contribution in [0, 0.1) is 5.82 Å². The normalized spacial score (nSPS) is 19.9. The molecular formula is C25H31FN4O2. The molecule has 1 aromatic carbocycles. The van der Waals surface area contributed by atoms with Gasteiger partial charge in [-0.3, -0.25) is 14.6 Å². The SMILES string of the molecule is CN1CCN(C(=O)c2ccc([C@@H]3CCCN3C(=O)C(C)(C)c3ccccc3F)nc2)CC1. The van der Waals surface area contributed by atoms with E-state index >= 15 is 0 Å². The number of likely N-dealkylation sites (tertiary alicyclic amines) is 1. The number of rotatable bonds is 4. The number of carbonyl (C=O) groups is 2. The van der Waals surface area contributed by atoms with Gasteiger partial charge in [-0.1, -0.05) is 18.2 Å². The van der Waals surface area contributed by atoms with Gasteiger partial charge in [0.15, 0.2) is 0 Å². The summed E-state index contributed by atoms with van der Waals surface area (Å²) in [6, 6.07) is 9.96. The molecule has 32 heavy (non-hydrogen) atoms. The third kappa shape index (κ3) is 4.26. The van der Waals surface area contributed by atoms with E-state index in [9.17, 15) is 14.0 Å². The molecule has 0 saturated carbocycles. The third-order valence-electron chi connectivity index (χ3n) is 6.76. The van der Waals surface area contributed by atoms with Crippen molar-refractivity contribution in [2.75, 3.05) is 39.8 Å². The summed E-state index contributed by atoms with van der Waals surface area (Å²) in [4.78, 5) is 36.7. The van der Waals surface area contributed by atoms with E-state index in [0.717, 1.165) is 31.6 Å². The highest BCUT2D eigenvalue weighted by atomic mass is 19.1. The highest BCUT2D eigenvalue weighted by Crippen LogP contribution is 2.36. The van der Waals surface area contributed by atoms with Crippen LogP contribution in [-0.2, 0) is 10.2 Å². The number of halogens is 1. The summed E-state index contributed by atoms with van der Waals surface area (Å²) >= 11 is 0. The maximum atomic E-state index is 14.4. The standard InChI is InChI=1S/C25H31FN4O2/c1-25(2,19-7-4-5-8-20(19)26)24(32)30-12-6-9-22(30)21-11-10-18(17-27-21)23(31)29-15-13-28(3)14-16-29/h4-5,7-8,10-11,17,22H,6,9,12-16H2,1-3H3/t22-/m0/s1. The average molecular weight is 439 g/mol. The zero-order valence-electron chi connectivity index (χ0n) is 19.1. The van der Waals surface area contributed by atoms with Crippen LogP contribution in [0.25, 0.3) is 0 Å². The Morgan fingerprint density at radius 3 is 2.41 bits per heavy atom. The molecule has 0 radical (unpaired) electrons. The van der Waals surface area contributed by atoms with Crippen molar-refractivity contribution < 1.29 is 14.0 Å². The molecule has 2 amide bonds. The number of nitrogens with zero attached hydrogens (tertiary/aromatic N) is 4. The molecule has 0 spiro atoms. The van der Waals surface area contributed by atoms with Crippen LogP contribution in [0.2, 0.25) is 0 Å². The molecule has 0 unspecified atom stereocenters. The van der Waals surface area contributed by atoms with Crippen LogP contribution in [0.3, 0.4) is 0 Å². The van der Waals surface area contributed by atoms with Crippen molar-refractivity contribution in [1.29, 1.82) is 0 Å². The van der Waals surface area contributed by atoms with E-state index in [1.165, 1.54) is 6.07 Å². The lowest BCUT2D eigenvalue weighted by Crippen LogP contribution is -2.47. The third-order valence-corrected chi connectivity index (χ3v) is 6.76. The smallest absolute Gasteiger partial charge is 0.255 e. The van der Waals surface area contributed by atoms with E-state index in [1.54, 1.807) is 38.2 Å². The molecule has 2 saturated heterocycles. The predicted octanol–water partition coefficient (Wildman–Crippen LogP) is 3.25. The van der Waals surface area contributed by atoms with Crippen molar-refractivity contribution in [1.82, 2.24) is 19.7 Å². The fourth-order valence-electron chi connectivity index (χ4n) is 4.68. The van der Waals surface area contributed by atoms with Crippen LogP contribution < -0.4 is 0 Å². The Morgan fingerprint density at radius 1 is 1.03 bits per heavy atom. The molecule has 1 atom stereocenters. The molecule has 4 rings (SSSR count). The van der Waals surface area contributed by atoms with Crippen molar-refractivity contribution in [2.24, 2.45) is 0 Å². The molecule has 2 aromatic rings. The van der Waals surface area contributed by atoms with Crippen LogP contribution >= 0.6 is 0 Å². The summed E-state index contributed by atoms with van der Waals surface area (Å²) in [5.41, 5.74) is 0.762. The molecule has 1 aromatic heterocycles. The lowest BCUT2D eigenvalue weighted by Gasteiger charge is -2.34. The van der Waals surface area contributed by atoms with Gasteiger partial charge in [-0.05, 0) is 51.9 Å². The number of likely N-dealkylation sites (N-methyl/N-ethyl adjacent to an activating group) is 1. The van der Waals surface area contributed by atoms with Crippen molar-refractivity contribution in [2.45, 2.75) is 38.1 Å². The maximum absolute atomic E-state index is 14.4. The fourth-order valence-corrected chi connectivity index (χ4v) is 4.68. The molecule has 3 heterocycles. The zero-order chi connectivity index (χ0) is 22.9. The van der Waals surface area contributed by atoms with E-state index in [1.807, 2.05) is 21.9 Å². The lowest BCUT2D eigenvalue weighted by molar-refractivity contribution is -0.137. The Hall–Kier alpha value is -2.80. The lowest BCUT2D eigenvalue weighted by atomic mass is 9.82. The molecular weight excluding hydrogens is 407 g/mol. The van der Waals surface area contributed by atoms with Crippen molar-refractivity contribution in [3.05, 3.63) is 65.2 Å². The molecule has 6 nitrogen and oxygen atoms in total. The largest absolute Gasteiger partial charge is 0.336 e. The van der Waals surface area contributed by atoms with Crippen molar-refractivity contribution in [3.8, 4) is 0 Å². The van der Waals surface area contributed by atoms with Crippen molar-refractivity contribution in [3.63, 3.8) is 0 Å². The average Bonchev–Trinajstić information content (AvgIpc) is 3.28. The number of hydrogen-bond acceptors (Lipinski definition) is 4. The van der Waals surface area contributed by atoms with E-state index in [4.69, 9.17) is 0 Å². The van der Waals surface area contributed by atoms with Gasteiger partial charge in [-0.25, -0.2) is 4.39 Å². The van der Waals surface area contributed by atoms with Gasteiger partial charge in [0.05, 0.1) is 22.7 Å². The Bertz CT molecular complexity index is 984. The number of carbonyl (C=O) groups excluding carboxylic acids is 2. The summed E-state index contributed by atoms with van der Waals surface area (Å²) in [5.74, 6) is -0.479. The topological polar surface area (TPSA) is 56.8 Å². The Balaban J connectivity index is 1.50. The predicted molar refractivity (Wildman–Crippen MR) is 121 cm³/mol. The molecule has 2 aliphatic rings. The van der Waals surface area contributed by atoms with Crippen LogP contribution in [0.1, 0.15) is 54.3 Å². The van der Waals surface area contributed by atoms with Gasteiger partial charge in [-0.2, -0.15) is 0 Å².